The van der Waals surface area contributed by atoms with Crippen LogP contribution < -0.4 is 10.1 Å². The van der Waals surface area contributed by atoms with Crippen LogP contribution >= 0.6 is 0 Å². The zero-order chi connectivity index (χ0) is 13.4. The molecule has 0 heterocycles. The second kappa shape index (κ2) is 7.93. The van der Waals surface area contributed by atoms with E-state index in [2.05, 4.69) is 44.3 Å². The lowest BCUT2D eigenvalue weighted by atomic mass is 10.00. The minimum Gasteiger partial charge on any atom is -0.497 e. The van der Waals surface area contributed by atoms with E-state index in [0.717, 1.165) is 18.8 Å². The molecule has 1 rings (SSSR count). The summed E-state index contributed by atoms with van der Waals surface area (Å²) in [5.74, 6) is 1.47. The number of nitrogens with one attached hydrogen (secondary N) is 1. The first-order valence-electron chi connectivity index (χ1n) is 6.72. The standard InChI is InChI=1S/C16H25NO/c1-5-10-17-12-15(13(2)3)11-14-6-8-16(18-4)9-7-14/h6-9,11,13,17H,5,10,12H2,1-4H3. The Morgan fingerprint density at radius 2 is 1.94 bits per heavy atom. The van der Waals surface area contributed by atoms with Gasteiger partial charge >= 0.3 is 0 Å². The third kappa shape index (κ3) is 4.92. The van der Waals surface area contributed by atoms with E-state index in [9.17, 15) is 0 Å². The fourth-order valence-corrected chi connectivity index (χ4v) is 1.75. The van der Waals surface area contributed by atoms with E-state index in [1.807, 2.05) is 12.1 Å². The summed E-state index contributed by atoms with van der Waals surface area (Å²) in [5, 5.41) is 3.47. The minimum atomic E-state index is 0.566. The minimum absolute atomic E-state index is 0.566. The van der Waals surface area contributed by atoms with Crippen molar-refractivity contribution in [3.63, 3.8) is 0 Å². The maximum absolute atomic E-state index is 5.17. The van der Waals surface area contributed by atoms with Gasteiger partial charge in [0.15, 0.2) is 0 Å². The van der Waals surface area contributed by atoms with E-state index in [0.29, 0.717) is 5.92 Å². The first-order valence-corrected chi connectivity index (χ1v) is 6.72. The summed E-state index contributed by atoms with van der Waals surface area (Å²) in [6.07, 6.45) is 3.45. The summed E-state index contributed by atoms with van der Waals surface area (Å²) in [5.41, 5.74) is 2.67. The lowest BCUT2D eigenvalue weighted by Gasteiger charge is -2.12. The van der Waals surface area contributed by atoms with Gasteiger partial charge < -0.3 is 10.1 Å². The summed E-state index contributed by atoms with van der Waals surface area (Å²) >= 11 is 0. The van der Waals surface area contributed by atoms with Crippen molar-refractivity contribution in [1.82, 2.24) is 5.32 Å². The second-order valence-corrected chi connectivity index (χ2v) is 4.82. The van der Waals surface area contributed by atoms with Crippen LogP contribution in [0.3, 0.4) is 0 Å². The van der Waals surface area contributed by atoms with Crippen LogP contribution in [0.4, 0.5) is 0 Å². The van der Waals surface area contributed by atoms with Crippen molar-refractivity contribution in [2.75, 3.05) is 20.2 Å². The topological polar surface area (TPSA) is 21.3 Å². The highest BCUT2D eigenvalue weighted by Crippen LogP contribution is 2.17. The van der Waals surface area contributed by atoms with Gasteiger partial charge in [-0.15, -0.1) is 0 Å². The van der Waals surface area contributed by atoms with Crippen LogP contribution in [-0.4, -0.2) is 20.2 Å². The molecule has 0 spiro atoms. The molecule has 1 aromatic carbocycles. The lowest BCUT2D eigenvalue weighted by molar-refractivity contribution is 0.415. The summed E-state index contributed by atoms with van der Waals surface area (Å²) in [4.78, 5) is 0. The molecule has 0 aliphatic heterocycles. The van der Waals surface area contributed by atoms with Gasteiger partial charge in [-0.25, -0.2) is 0 Å². The lowest BCUT2D eigenvalue weighted by Crippen LogP contribution is -2.19. The Morgan fingerprint density at radius 3 is 2.44 bits per heavy atom. The van der Waals surface area contributed by atoms with Crippen molar-refractivity contribution in [1.29, 1.82) is 0 Å². The molecule has 1 aromatic rings. The van der Waals surface area contributed by atoms with Gasteiger partial charge in [0.25, 0.3) is 0 Å². The monoisotopic (exact) mass is 247 g/mol. The molecule has 0 fully saturated rings. The molecule has 2 heteroatoms. The molecule has 0 unspecified atom stereocenters. The molecule has 0 saturated heterocycles. The molecule has 0 atom stereocenters. The summed E-state index contributed by atoms with van der Waals surface area (Å²) in [6, 6.07) is 8.20. The normalized spacial score (nSPS) is 11.9. The first-order chi connectivity index (χ1) is 8.67. The third-order valence-corrected chi connectivity index (χ3v) is 2.97. The van der Waals surface area contributed by atoms with E-state index in [1.54, 1.807) is 7.11 Å². The van der Waals surface area contributed by atoms with Crippen molar-refractivity contribution in [3.8, 4) is 5.75 Å². The maximum atomic E-state index is 5.17. The molecule has 18 heavy (non-hydrogen) atoms. The highest BCUT2D eigenvalue weighted by molar-refractivity contribution is 5.54. The average Bonchev–Trinajstić information content (AvgIpc) is 2.38. The van der Waals surface area contributed by atoms with Gasteiger partial charge in [-0.1, -0.05) is 44.6 Å². The van der Waals surface area contributed by atoms with E-state index < -0.39 is 0 Å². The van der Waals surface area contributed by atoms with E-state index >= 15 is 0 Å². The van der Waals surface area contributed by atoms with Gasteiger partial charge in [-0.05, 0) is 36.6 Å². The molecule has 100 valence electrons. The van der Waals surface area contributed by atoms with Crippen LogP contribution in [0.2, 0.25) is 0 Å². The van der Waals surface area contributed by atoms with Crippen LogP contribution in [0.25, 0.3) is 6.08 Å². The fourth-order valence-electron chi connectivity index (χ4n) is 1.75. The average molecular weight is 247 g/mol. The van der Waals surface area contributed by atoms with Gasteiger partial charge in [-0.2, -0.15) is 0 Å². The Balaban J connectivity index is 2.73. The Labute approximate surface area is 111 Å². The Morgan fingerprint density at radius 1 is 1.28 bits per heavy atom. The predicted octanol–water partition coefficient (Wildman–Crippen LogP) is 3.73. The van der Waals surface area contributed by atoms with Gasteiger partial charge in [0.1, 0.15) is 5.75 Å². The van der Waals surface area contributed by atoms with Gasteiger partial charge in [-0.3, -0.25) is 0 Å². The number of ether oxygens (including phenoxy) is 1. The second-order valence-electron chi connectivity index (χ2n) is 4.82. The molecule has 0 aliphatic rings. The van der Waals surface area contributed by atoms with Crippen LogP contribution in [-0.2, 0) is 0 Å². The fraction of sp³-hybridized carbons (Fsp3) is 0.500. The van der Waals surface area contributed by atoms with Gasteiger partial charge in [0.2, 0.25) is 0 Å². The summed E-state index contributed by atoms with van der Waals surface area (Å²) in [6.45, 7) is 8.71. The van der Waals surface area contributed by atoms with E-state index in [1.165, 1.54) is 17.6 Å². The largest absolute Gasteiger partial charge is 0.497 e. The summed E-state index contributed by atoms with van der Waals surface area (Å²) in [7, 11) is 1.69. The quantitative estimate of drug-likeness (QED) is 0.741. The predicted molar refractivity (Wildman–Crippen MR) is 79.0 cm³/mol. The molecule has 0 amide bonds. The molecular formula is C16H25NO. The molecule has 2 nitrogen and oxygen atoms in total. The smallest absolute Gasteiger partial charge is 0.118 e. The number of benzene rings is 1. The highest BCUT2D eigenvalue weighted by atomic mass is 16.5. The van der Waals surface area contributed by atoms with Crippen LogP contribution in [0, 0.1) is 5.92 Å². The van der Waals surface area contributed by atoms with Crippen molar-refractivity contribution in [3.05, 3.63) is 35.4 Å². The molecule has 0 radical (unpaired) electrons. The van der Waals surface area contributed by atoms with E-state index in [4.69, 9.17) is 4.74 Å². The number of hydrogen-bond donors (Lipinski definition) is 1. The van der Waals surface area contributed by atoms with Crippen molar-refractivity contribution >= 4 is 6.08 Å². The number of rotatable bonds is 7. The Bertz CT molecular complexity index is 365. The molecule has 1 N–H and O–H groups in total. The Hall–Kier alpha value is -1.28. The zero-order valence-corrected chi connectivity index (χ0v) is 12.0. The van der Waals surface area contributed by atoms with Crippen LogP contribution in [0.1, 0.15) is 32.8 Å². The highest BCUT2D eigenvalue weighted by Gasteiger charge is 2.03. The van der Waals surface area contributed by atoms with Crippen LogP contribution in [0.5, 0.6) is 5.75 Å². The molecule has 0 saturated carbocycles. The molecule has 0 bridgehead atoms. The summed E-state index contributed by atoms with van der Waals surface area (Å²) < 4.78 is 5.17. The molecule has 0 aliphatic carbocycles. The number of hydrogen-bond acceptors (Lipinski definition) is 2. The first kappa shape index (κ1) is 14.8. The third-order valence-electron chi connectivity index (χ3n) is 2.97. The SMILES string of the molecule is CCCNCC(=Cc1ccc(OC)cc1)C(C)C. The Kier molecular flexibility index (Phi) is 6.51. The molecule has 0 aromatic heterocycles. The van der Waals surface area contributed by atoms with Gasteiger partial charge in [0.05, 0.1) is 7.11 Å². The van der Waals surface area contributed by atoms with Crippen molar-refractivity contribution < 1.29 is 4.74 Å². The molecular weight excluding hydrogens is 222 g/mol. The van der Waals surface area contributed by atoms with E-state index in [-0.39, 0.29) is 0 Å². The zero-order valence-electron chi connectivity index (χ0n) is 12.0. The van der Waals surface area contributed by atoms with Crippen molar-refractivity contribution in [2.45, 2.75) is 27.2 Å². The van der Waals surface area contributed by atoms with Crippen LogP contribution in [0.15, 0.2) is 29.8 Å². The van der Waals surface area contributed by atoms with Crippen molar-refractivity contribution in [2.24, 2.45) is 5.92 Å². The number of methoxy groups -OCH3 is 1. The van der Waals surface area contributed by atoms with Gasteiger partial charge in [0, 0.05) is 6.54 Å². The maximum Gasteiger partial charge on any atom is 0.118 e.